The van der Waals surface area contributed by atoms with Gasteiger partial charge in [0.15, 0.2) is 5.01 Å². The van der Waals surface area contributed by atoms with Crippen molar-refractivity contribution in [2.75, 3.05) is 31.3 Å². The van der Waals surface area contributed by atoms with E-state index in [9.17, 15) is 9.59 Å². The molecule has 0 unspecified atom stereocenters. The number of methoxy groups -OCH3 is 1. The molecule has 2 aromatic carbocycles. The molecule has 7 nitrogen and oxygen atoms in total. The van der Waals surface area contributed by atoms with Gasteiger partial charge in [0, 0.05) is 35.6 Å². The number of amides is 2. The summed E-state index contributed by atoms with van der Waals surface area (Å²) in [6.07, 6.45) is 6.20. The zero-order valence-corrected chi connectivity index (χ0v) is 18.6. The fraction of sp³-hybridized carbons (Fsp3) is 0.208. The predicted octanol–water partition coefficient (Wildman–Crippen LogP) is 3.63. The summed E-state index contributed by atoms with van der Waals surface area (Å²) in [5, 5.41) is 6.05. The van der Waals surface area contributed by atoms with Gasteiger partial charge in [-0.1, -0.05) is 5.92 Å². The maximum Gasteiger partial charge on any atom is 0.284 e. The third kappa shape index (κ3) is 4.64. The summed E-state index contributed by atoms with van der Waals surface area (Å²) in [4.78, 5) is 33.7. The topological polar surface area (TPSA) is 83.6 Å². The molecule has 1 aliphatic heterocycles. The first-order valence-electron chi connectivity index (χ1n) is 10.0. The van der Waals surface area contributed by atoms with Crippen molar-refractivity contribution < 1.29 is 14.3 Å². The van der Waals surface area contributed by atoms with Crippen LogP contribution in [0.4, 0.5) is 11.4 Å². The second-order valence-electron chi connectivity index (χ2n) is 7.42. The first-order valence-corrected chi connectivity index (χ1v) is 10.8. The average molecular weight is 447 g/mol. The van der Waals surface area contributed by atoms with Crippen LogP contribution in [0.1, 0.15) is 36.3 Å². The number of anilines is 2. The number of fused-ring (bicyclic) bond motifs is 1. The van der Waals surface area contributed by atoms with Crippen LogP contribution in [-0.2, 0) is 13.0 Å². The van der Waals surface area contributed by atoms with Gasteiger partial charge in [0.25, 0.3) is 11.8 Å². The second-order valence-corrected chi connectivity index (χ2v) is 8.50. The van der Waals surface area contributed by atoms with E-state index in [1.165, 1.54) is 18.4 Å². The van der Waals surface area contributed by atoms with E-state index in [-0.39, 0.29) is 17.4 Å². The van der Waals surface area contributed by atoms with Crippen LogP contribution in [0, 0.1) is 12.3 Å². The Bertz CT molecular complexity index is 1210. The second kappa shape index (κ2) is 9.22. The number of terminal acetylenes is 1. The maximum absolute atomic E-state index is 13.0. The molecule has 0 fully saturated rings. The Morgan fingerprint density at radius 3 is 2.66 bits per heavy atom. The third-order valence-corrected chi connectivity index (χ3v) is 6.23. The number of nitrogens with zero attached hydrogens (tertiary/aromatic N) is 2. The lowest BCUT2D eigenvalue weighted by Crippen LogP contribution is -2.25. The number of nitrogens with one attached hydrogen (secondary N) is 2. The van der Waals surface area contributed by atoms with E-state index in [1.807, 2.05) is 7.05 Å². The smallest absolute Gasteiger partial charge is 0.284 e. The Morgan fingerprint density at radius 2 is 1.94 bits per heavy atom. The summed E-state index contributed by atoms with van der Waals surface area (Å²) in [6.45, 7) is 1.71. The number of hydrogen-bond donors (Lipinski definition) is 2. The molecule has 0 bridgehead atoms. The highest BCUT2D eigenvalue weighted by molar-refractivity contribution is 7.13. The van der Waals surface area contributed by atoms with Crippen LogP contribution in [0.15, 0.2) is 42.5 Å². The largest absolute Gasteiger partial charge is 0.497 e. The quantitative estimate of drug-likeness (QED) is 0.585. The number of rotatable bonds is 5. The molecule has 0 aliphatic carbocycles. The first-order chi connectivity index (χ1) is 15.5. The molecule has 0 atom stereocenters. The highest BCUT2D eigenvalue weighted by Crippen LogP contribution is 2.27. The Balaban J connectivity index is 1.56. The minimum atomic E-state index is -0.382. The van der Waals surface area contributed by atoms with Crippen molar-refractivity contribution in [3.63, 3.8) is 0 Å². The fourth-order valence-electron chi connectivity index (χ4n) is 3.39. The summed E-state index contributed by atoms with van der Waals surface area (Å²) in [5.41, 5.74) is 2.93. The molecule has 0 radical (unpaired) electrons. The van der Waals surface area contributed by atoms with E-state index in [4.69, 9.17) is 11.2 Å². The lowest BCUT2D eigenvalue weighted by atomic mass is 10.1. The highest BCUT2D eigenvalue weighted by atomic mass is 32.1. The van der Waals surface area contributed by atoms with E-state index >= 15 is 0 Å². The van der Waals surface area contributed by atoms with Gasteiger partial charge in [-0.05, 0) is 49.5 Å². The molecule has 4 rings (SSSR count). The van der Waals surface area contributed by atoms with Gasteiger partial charge in [-0.25, -0.2) is 4.98 Å². The van der Waals surface area contributed by atoms with Gasteiger partial charge in [-0.15, -0.1) is 17.8 Å². The van der Waals surface area contributed by atoms with Crippen molar-refractivity contribution in [2.45, 2.75) is 13.0 Å². The molecule has 0 saturated heterocycles. The molecule has 1 aliphatic rings. The molecule has 32 heavy (non-hydrogen) atoms. The SMILES string of the molecule is C#Cc1ccc(NC(=O)c2cc(OC)ccc2NC(=O)c2nc3c(s2)CN(C)CC3)cc1. The van der Waals surface area contributed by atoms with E-state index in [0.717, 1.165) is 35.6 Å². The number of benzene rings is 2. The van der Waals surface area contributed by atoms with E-state index in [1.54, 1.807) is 42.5 Å². The zero-order valence-electron chi connectivity index (χ0n) is 17.8. The monoisotopic (exact) mass is 446 g/mol. The molecule has 2 N–H and O–H groups in total. The van der Waals surface area contributed by atoms with Crippen molar-refractivity contribution in [2.24, 2.45) is 0 Å². The van der Waals surface area contributed by atoms with Crippen LogP contribution in [0.5, 0.6) is 5.75 Å². The minimum Gasteiger partial charge on any atom is -0.497 e. The number of aromatic nitrogens is 1. The summed E-state index contributed by atoms with van der Waals surface area (Å²) in [7, 11) is 3.57. The number of likely N-dealkylation sites (N-methyl/N-ethyl adjacent to an activating group) is 1. The maximum atomic E-state index is 13.0. The Hall–Kier alpha value is -3.67. The van der Waals surface area contributed by atoms with Gasteiger partial charge < -0.3 is 20.3 Å². The Kier molecular flexibility index (Phi) is 6.21. The van der Waals surface area contributed by atoms with Crippen molar-refractivity contribution in [1.82, 2.24) is 9.88 Å². The third-order valence-electron chi connectivity index (χ3n) is 5.15. The summed E-state index contributed by atoms with van der Waals surface area (Å²) in [5.74, 6) is 2.32. The average Bonchev–Trinajstić information content (AvgIpc) is 3.23. The fourth-order valence-corrected chi connectivity index (χ4v) is 4.47. The van der Waals surface area contributed by atoms with Gasteiger partial charge in [-0.2, -0.15) is 0 Å². The molecule has 1 aromatic heterocycles. The zero-order chi connectivity index (χ0) is 22.7. The van der Waals surface area contributed by atoms with Gasteiger partial charge in [0.1, 0.15) is 5.75 Å². The number of hydrogen-bond acceptors (Lipinski definition) is 6. The van der Waals surface area contributed by atoms with Crippen molar-refractivity contribution in [3.05, 3.63) is 69.2 Å². The lowest BCUT2D eigenvalue weighted by molar-refractivity contribution is 0.102. The van der Waals surface area contributed by atoms with E-state index in [2.05, 4.69) is 26.4 Å². The molecule has 8 heteroatoms. The number of ether oxygens (including phenoxy) is 1. The van der Waals surface area contributed by atoms with Gasteiger partial charge >= 0.3 is 0 Å². The first kappa shape index (κ1) is 21.6. The minimum absolute atomic E-state index is 0.278. The molecule has 0 saturated carbocycles. The molecule has 0 spiro atoms. The molecule has 3 aromatic rings. The summed E-state index contributed by atoms with van der Waals surface area (Å²) < 4.78 is 5.27. The molecular weight excluding hydrogens is 424 g/mol. The van der Waals surface area contributed by atoms with Gasteiger partial charge in [0.2, 0.25) is 0 Å². The van der Waals surface area contributed by atoms with Crippen molar-refractivity contribution in [1.29, 1.82) is 0 Å². The van der Waals surface area contributed by atoms with Crippen molar-refractivity contribution in [3.8, 4) is 18.1 Å². The number of carbonyl (C=O) groups is 2. The number of thiazole rings is 1. The van der Waals surface area contributed by atoms with Crippen LogP contribution in [-0.4, -0.2) is 42.4 Å². The number of carbonyl (C=O) groups excluding carboxylic acids is 2. The van der Waals surface area contributed by atoms with E-state index < -0.39 is 0 Å². The van der Waals surface area contributed by atoms with E-state index in [0.29, 0.717) is 22.1 Å². The van der Waals surface area contributed by atoms with Crippen LogP contribution >= 0.6 is 11.3 Å². The molecule has 2 heterocycles. The normalized spacial score (nSPS) is 13.0. The summed E-state index contributed by atoms with van der Waals surface area (Å²) >= 11 is 1.39. The Morgan fingerprint density at radius 1 is 1.16 bits per heavy atom. The van der Waals surface area contributed by atoms with Gasteiger partial charge in [-0.3, -0.25) is 9.59 Å². The highest BCUT2D eigenvalue weighted by Gasteiger charge is 2.23. The lowest BCUT2D eigenvalue weighted by Gasteiger charge is -2.20. The van der Waals surface area contributed by atoms with Crippen LogP contribution in [0.3, 0.4) is 0 Å². The van der Waals surface area contributed by atoms with Crippen LogP contribution in [0.25, 0.3) is 0 Å². The standard InChI is InChI=1S/C24H22N4O3S/c1-4-15-5-7-16(8-6-15)25-22(29)18-13-17(31-3)9-10-19(18)26-23(30)24-27-20-11-12-28(2)14-21(20)32-24/h1,5-10,13H,11-12,14H2,2-3H3,(H,25,29)(H,26,30). The van der Waals surface area contributed by atoms with Crippen LogP contribution < -0.4 is 15.4 Å². The summed E-state index contributed by atoms with van der Waals surface area (Å²) in [6, 6.07) is 11.9. The Labute approximate surface area is 190 Å². The molecule has 162 valence electrons. The molecule has 2 amide bonds. The molecular formula is C24H22N4O3S. The van der Waals surface area contributed by atoms with Crippen LogP contribution in [0.2, 0.25) is 0 Å². The predicted molar refractivity (Wildman–Crippen MR) is 125 cm³/mol. The van der Waals surface area contributed by atoms with Gasteiger partial charge in [0.05, 0.1) is 24.1 Å². The van der Waals surface area contributed by atoms with Crippen molar-refractivity contribution >= 4 is 34.5 Å².